The molecule has 0 spiro atoms. The smallest absolute Gasteiger partial charge is 0.341 e. The van der Waals surface area contributed by atoms with Gasteiger partial charge in [0.2, 0.25) is 0 Å². The van der Waals surface area contributed by atoms with Gasteiger partial charge in [-0.1, -0.05) is 74.0 Å². The predicted octanol–water partition coefficient (Wildman–Crippen LogP) is 5.72. The van der Waals surface area contributed by atoms with Crippen LogP contribution in [0.1, 0.15) is 79.3 Å². The largest absolute Gasteiger partial charge is 0.462 e. The Morgan fingerprint density at radius 1 is 0.935 bits per heavy atom. The maximum Gasteiger partial charge on any atom is 0.341 e. The molecule has 2 aromatic heterocycles. The summed E-state index contributed by atoms with van der Waals surface area (Å²) in [5, 5.41) is 14.3. The quantitative estimate of drug-likeness (QED) is 0.155. The monoisotopic (exact) mass is 620 g/mol. The van der Waals surface area contributed by atoms with E-state index in [1.807, 2.05) is 53.2 Å². The van der Waals surface area contributed by atoms with Crippen LogP contribution in [0.3, 0.4) is 0 Å². The molecule has 0 saturated carbocycles. The molecule has 1 N–H and O–H groups in total. The molecule has 11 heteroatoms. The van der Waals surface area contributed by atoms with Crippen molar-refractivity contribution in [1.29, 1.82) is 0 Å². The number of nitrogens with zero attached hydrogens (tertiary/aromatic N) is 5. The second kappa shape index (κ2) is 13.4. The molecule has 6 rings (SSSR count). The fourth-order valence-corrected chi connectivity index (χ4v) is 6.27. The molecule has 0 saturated heterocycles. The number of rotatable bonds is 10. The van der Waals surface area contributed by atoms with Crippen molar-refractivity contribution in [2.45, 2.75) is 65.0 Å². The Kier molecular flexibility index (Phi) is 8.91. The van der Waals surface area contributed by atoms with E-state index in [-0.39, 0.29) is 29.5 Å². The summed E-state index contributed by atoms with van der Waals surface area (Å²) in [6, 6.07) is 21.7. The zero-order chi connectivity index (χ0) is 32.2. The number of carbonyl (C=O) groups excluding carboxylic acids is 2. The number of aromatic amines is 1. The van der Waals surface area contributed by atoms with E-state index in [9.17, 15) is 14.4 Å². The molecule has 46 heavy (non-hydrogen) atoms. The molecule has 3 aromatic carbocycles. The Balaban J connectivity index is 1.32. The first-order valence-corrected chi connectivity index (χ1v) is 15.7. The molecular weight excluding hydrogens is 584 g/mol. The summed E-state index contributed by atoms with van der Waals surface area (Å²) in [6.45, 7) is 6.07. The molecule has 0 radical (unpaired) electrons. The molecule has 1 aliphatic rings. The summed E-state index contributed by atoms with van der Waals surface area (Å²) >= 11 is 0. The molecule has 2 atom stereocenters. The van der Waals surface area contributed by atoms with E-state index in [0.717, 1.165) is 34.4 Å². The molecule has 3 heterocycles. The van der Waals surface area contributed by atoms with Crippen LogP contribution in [-0.2, 0) is 22.4 Å². The molecule has 0 fully saturated rings. The van der Waals surface area contributed by atoms with E-state index in [1.165, 1.54) is 0 Å². The van der Waals surface area contributed by atoms with Crippen molar-refractivity contribution >= 4 is 11.9 Å². The summed E-state index contributed by atoms with van der Waals surface area (Å²) in [5.41, 5.74) is 5.45. The Hall–Kier alpha value is -5.32. The first-order valence-electron chi connectivity index (χ1n) is 15.7. The van der Waals surface area contributed by atoms with Crippen molar-refractivity contribution in [3.63, 3.8) is 0 Å². The minimum Gasteiger partial charge on any atom is -0.462 e. The summed E-state index contributed by atoms with van der Waals surface area (Å²) in [6.07, 6.45) is 3.13. The summed E-state index contributed by atoms with van der Waals surface area (Å²) in [7, 11) is 0. The zero-order valence-corrected chi connectivity index (χ0v) is 26.1. The first kappa shape index (κ1) is 30.7. The lowest BCUT2D eigenvalue weighted by Crippen LogP contribution is -2.40. The second-order valence-corrected chi connectivity index (χ2v) is 11.4. The number of tetrazole rings is 1. The molecule has 5 aromatic rings. The Morgan fingerprint density at radius 2 is 1.67 bits per heavy atom. The van der Waals surface area contributed by atoms with E-state index in [4.69, 9.17) is 9.47 Å². The number of fused-ring (bicyclic) bond motifs is 1. The van der Waals surface area contributed by atoms with Crippen LogP contribution in [0.25, 0.3) is 22.5 Å². The van der Waals surface area contributed by atoms with Crippen LogP contribution in [-0.4, -0.2) is 48.5 Å². The third kappa shape index (κ3) is 5.88. The minimum atomic E-state index is -0.826. The van der Waals surface area contributed by atoms with Crippen molar-refractivity contribution in [3.05, 3.63) is 106 Å². The van der Waals surface area contributed by atoms with Gasteiger partial charge in [0.15, 0.2) is 11.9 Å². The van der Waals surface area contributed by atoms with Crippen LogP contribution in [0, 0.1) is 0 Å². The highest BCUT2D eigenvalue weighted by Crippen LogP contribution is 2.34. The number of carbonyl (C=O) groups is 2. The van der Waals surface area contributed by atoms with Gasteiger partial charge in [-0.25, -0.2) is 19.4 Å². The molecular formula is C35H36N6O5. The van der Waals surface area contributed by atoms with Gasteiger partial charge in [0.1, 0.15) is 11.3 Å². The average molecular weight is 621 g/mol. The van der Waals surface area contributed by atoms with Gasteiger partial charge in [-0.2, -0.15) is 0 Å². The van der Waals surface area contributed by atoms with E-state index < -0.39 is 18.0 Å². The van der Waals surface area contributed by atoms with Crippen LogP contribution in [0.15, 0.2) is 77.6 Å². The highest BCUT2D eigenvalue weighted by molar-refractivity contribution is 5.93. The van der Waals surface area contributed by atoms with Gasteiger partial charge in [0.05, 0.1) is 6.61 Å². The van der Waals surface area contributed by atoms with Crippen molar-refractivity contribution in [2.24, 2.45) is 0 Å². The lowest BCUT2D eigenvalue weighted by atomic mass is 9.96. The SMILES string of the molecule is CCCc1c(Cc2ccc(-c3ccccc3-c3nnn[nH]3)cc2)c(=O)n2n1C(C)CCC2C(=O)Oc1ccccc1C(=O)OCC. The Bertz CT molecular complexity index is 1910. The Morgan fingerprint density at radius 3 is 2.39 bits per heavy atom. The molecule has 2 unspecified atom stereocenters. The number of benzene rings is 3. The second-order valence-electron chi connectivity index (χ2n) is 11.4. The minimum absolute atomic E-state index is 0.0309. The summed E-state index contributed by atoms with van der Waals surface area (Å²) < 4.78 is 14.5. The van der Waals surface area contributed by atoms with Gasteiger partial charge in [-0.3, -0.25) is 9.48 Å². The van der Waals surface area contributed by atoms with E-state index in [2.05, 4.69) is 34.5 Å². The van der Waals surface area contributed by atoms with Gasteiger partial charge >= 0.3 is 11.9 Å². The van der Waals surface area contributed by atoms with Crippen LogP contribution >= 0.6 is 0 Å². The number of hydrogen-bond acceptors (Lipinski definition) is 8. The number of hydrogen-bond donors (Lipinski definition) is 1. The fraction of sp³-hybridized carbons (Fsp3) is 0.314. The number of ether oxygens (including phenoxy) is 2. The first-order chi connectivity index (χ1) is 22.4. The van der Waals surface area contributed by atoms with Crippen LogP contribution < -0.4 is 10.3 Å². The van der Waals surface area contributed by atoms with Gasteiger partial charge in [-0.05, 0) is 72.4 Å². The van der Waals surface area contributed by atoms with E-state index in [1.54, 1.807) is 35.9 Å². The van der Waals surface area contributed by atoms with Gasteiger partial charge < -0.3 is 9.47 Å². The zero-order valence-electron chi connectivity index (χ0n) is 26.1. The van der Waals surface area contributed by atoms with Gasteiger partial charge in [-0.15, -0.1) is 5.10 Å². The van der Waals surface area contributed by atoms with Crippen LogP contribution in [0.2, 0.25) is 0 Å². The van der Waals surface area contributed by atoms with Crippen molar-refractivity contribution in [3.8, 4) is 28.3 Å². The molecule has 1 aliphatic heterocycles. The lowest BCUT2D eigenvalue weighted by Gasteiger charge is -2.31. The molecule has 0 bridgehead atoms. The van der Waals surface area contributed by atoms with Crippen LogP contribution in [0.4, 0.5) is 0 Å². The highest BCUT2D eigenvalue weighted by atomic mass is 16.5. The molecule has 11 nitrogen and oxygen atoms in total. The predicted molar refractivity (Wildman–Crippen MR) is 172 cm³/mol. The maximum absolute atomic E-state index is 14.2. The number of aromatic nitrogens is 6. The average Bonchev–Trinajstić information content (AvgIpc) is 3.70. The van der Waals surface area contributed by atoms with Crippen molar-refractivity contribution in [1.82, 2.24) is 30.0 Å². The molecule has 0 amide bonds. The summed E-state index contributed by atoms with van der Waals surface area (Å²) in [4.78, 5) is 40.4. The number of para-hydroxylation sites is 1. The standard InChI is InChI=1S/C35H36N6O5/c1-4-10-29-28(21-23-16-18-24(19-17-23)25-11-6-7-12-26(25)32-36-38-39-37-32)33(42)41-30(20-15-22(3)40(29)41)35(44)46-31-14-9-8-13-27(31)34(43)45-5-2/h6-9,11-14,16-19,22,30H,4-5,10,15,20-21H2,1-3H3,(H,36,37,38,39). The normalized spacial score (nSPS) is 15.7. The third-order valence-electron chi connectivity index (χ3n) is 8.42. The van der Waals surface area contributed by atoms with Crippen LogP contribution in [0.5, 0.6) is 5.75 Å². The van der Waals surface area contributed by atoms with E-state index >= 15 is 0 Å². The number of esters is 2. The van der Waals surface area contributed by atoms with Crippen molar-refractivity contribution in [2.75, 3.05) is 6.61 Å². The third-order valence-corrected chi connectivity index (χ3v) is 8.42. The lowest BCUT2D eigenvalue weighted by molar-refractivity contribution is -0.140. The maximum atomic E-state index is 14.2. The topological polar surface area (TPSA) is 134 Å². The van der Waals surface area contributed by atoms with Crippen molar-refractivity contribution < 1.29 is 19.1 Å². The number of H-pyrrole nitrogens is 1. The summed E-state index contributed by atoms with van der Waals surface area (Å²) in [5.74, 6) is -0.446. The highest BCUT2D eigenvalue weighted by Gasteiger charge is 2.36. The van der Waals surface area contributed by atoms with E-state index in [0.29, 0.717) is 37.1 Å². The van der Waals surface area contributed by atoms with Gasteiger partial charge in [0, 0.05) is 29.3 Å². The fourth-order valence-electron chi connectivity index (χ4n) is 6.27. The number of nitrogens with one attached hydrogen (secondary N) is 1. The molecule has 0 aliphatic carbocycles. The molecule has 236 valence electrons. The Labute approximate surface area is 266 Å². The van der Waals surface area contributed by atoms with Gasteiger partial charge in [0.25, 0.3) is 5.56 Å².